The largest absolute Gasteiger partial charge is 0.573 e. The van der Waals surface area contributed by atoms with Crippen LogP contribution in [0, 0.1) is 11.3 Å². The fourth-order valence-corrected chi connectivity index (χ4v) is 4.02. The van der Waals surface area contributed by atoms with Crippen molar-refractivity contribution in [1.29, 1.82) is 5.26 Å². The summed E-state index contributed by atoms with van der Waals surface area (Å²) in [5.74, 6) is -1.03. The van der Waals surface area contributed by atoms with Gasteiger partial charge >= 0.3 is 18.6 Å². The molecular weight excluding hydrogens is 560 g/mol. The highest BCUT2D eigenvalue weighted by Crippen LogP contribution is 2.36. The molecule has 2 heterocycles. The van der Waals surface area contributed by atoms with Crippen LogP contribution in [-0.2, 0) is 11.0 Å². The van der Waals surface area contributed by atoms with Gasteiger partial charge in [0.1, 0.15) is 24.4 Å². The number of ether oxygens (including phenoxy) is 2. The lowest BCUT2D eigenvalue weighted by molar-refractivity contribution is -0.274. The molecule has 15 heteroatoms. The predicted molar refractivity (Wildman–Crippen MR) is 129 cm³/mol. The highest BCUT2D eigenvalue weighted by molar-refractivity contribution is 6.27. The summed E-state index contributed by atoms with van der Waals surface area (Å²) < 4.78 is 87.0. The summed E-state index contributed by atoms with van der Waals surface area (Å²) in [6, 6.07) is 11.9. The van der Waals surface area contributed by atoms with Crippen LogP contribution in [0.2, 0.25) is 0 Å². The predicted octanol–water partition coefficient (Wildman–Crippen LogP) is 6.18. The number of rotatable bonds is 5. The number of amides is 3. The Morgan fingerprint density at radius 2 is 1.56 bits per heavy atom. The van der Waals surface area contributed by atoms with E-state index in [-0.39, 0.29) is 39.5 Å². The summed E-state index contributed by atoms with van der Waals surface area (Å²) in [6.45, 7) is -0.559. The van der Waals surface area contributed by atoms with Crippen molar-refractivity contribution in [2.75, 3.05) is 16.3 Å². The number of carbonyl (C=O) groups excluding carboxylic acids is 2. The molecule has 1 aromatic heterocycles. The fraction of sp³-hybridized carbons (Fsp3) is 0.115. The number of halogens is 6. The molecule has 4 aromatic rings. The zero-order valence-electron chi connectivity index (χ0n) is 20.2. The number of hydrogen-bond acceptors (Lipinski definition) is 7. The lowest BCUT2D eigenvalue weighted by Gasteiger charge is -2.19. The quantitative estimate of drug-likeness (QED) is 0.207. The first-order valence-electron chi connectivity index (χ1n) is 11.4. The van der Waals surface area contributed by atoms with Crippen LogP contribution in [0.1, 0.15) is 11.1 Å². The van der Waals surface area contributed by atoms with E-state index in [0.29, 0.717) is 12.1 Å². The molecule has 0 atom stereocenters. The Bertz CT molecular complexity index is 1720. The standard InChI is InChI=1S/C26H13F6N5O4/c27-25(28,29)15-7-14(11-33)8-17(9-15)36-12-22(38)37(24(36)39)16-1-3-18(4-2-16)40-23-20-6-5-19(41-26(30,31)32)10-21(20)34-13-35-23/h1-10,13H,12H2. The molecule has 41 heavy (non-hydrogen) atoms. The average Bonchev–Trinajstić information content (AvgIpc) is 3.21. The van der Waals surface area contributed by atoms with E-state index in [2.05, 4.69) is 14.7 Å². The molecule has 0 spiro atoms. The zero-order chi connectivity index (χ0) is 29.5. The molecule has 0 radical (unpaired) electrons. The van der Waals surface area contributed by atoms with E-state index in [1.807, 2.05) is 0 Å². The summed E-state index contributed by atoms with van der Waals surface area (Å²) in [5, 5.41) is 9.39. The van der Waals surface area contributed by atoms with Crippen LogP contribution in [0.25, 0.3) is 10.9 Å². The molecule has 0 bridgehead atoms. The van der Waals surface area contributed by atoms with E-state index in [9.17, 15) is 35.9 Å². The van der Waals surface area contributed by atoms with E-state index in [1.54, 1.807) is 6.07 Å². The number of fused-ring (bicyclic) bond motifs is 1. The minimum absolute atomic E-state index is 0.00125. The Morgan fingerprint density at radius 1 is 0.854 bits per heavy atom. The molecule has 1 fully saturated rings. The smallest absolute Gasteiger partial charge is 0.438 e. The lowest BCUT2D eigenvalue weighted by atomic mass is 10.1. The minimum atomic E-state index is -4.89. The highest BCUT2D eigenvalue weighted by atomic mass is 19.4. The summed E-state index contributed by atoms with van der Waals surface area (Å²) in [6.07, 6.45) is -8.59. The van der Waals surface area contributed by atoms with Gasteiger partial charge in [-0.2, -0.15) is 18.4 Å². The molecule has 3 amide bonds. The molecule has 0 unspecified atom stereocenters. The molecule has 9 nitrogen and oxygen atoms in total. The Labute approximate surface area is 225 Å². The van der Waals surface area contributed by atoms with Crippen molar-refractivity contribution < 1.29 is 45.4 Å². The molecule has 0 saturated carbocycles. The van der Waals surface area contributed by atoms with E-state index < -0.39 is 42.3 Å². The van der Waals surface area contributed by atoms with Crippen molar-refractivity contribution in [3.05, 3.63) is 78.1 Å². The molecule has 3 aromatic carbocycles. The first-order valence-corrected chi connectivity index (χ1v) is 11.4. The number of imide groups is 1. The summed E-state index contributed by atoms with van der Waals surface area (Å²) in [7, 11) is 0. The molecule has 5 rings (SSSR count). The third-order valence-corrected chi connectivity index (χ3v) is 5.77. The second kappa shape index (κ2) is 9.97. The number of anilines is 2. The number of alkyl halides is 6. The van der Waals surface area contributed by atoms with Gasteiger partial charge in [0.25, 0.3) is 5.91 Å². The monoisotopic (exact) mass is 573 g/mol. The normalized spacial score (nSPS) is 14.0. The molecule has 1 aliphatic heterocycles. The van der Waals surface area contributed by atoms with Crippen molar-refractivity contribution in [1.82, 2.24) is 9.97 Å². The number of carbonyl (C=O) groups is 2. The van der Waals surface area contributed by atoms with E-state index in [0.717, 1.165) is 34.3 Å². The Balaban J connectivity index is 1.36. The van der Waals surface area contributed by atoms with Gasteiger partial charge in [0.2, 0.25) is 5.88 Å². The average molecular weight is 573 g/mol. The molecule has 0 N–H and O–H groups in total. The number of aromatic nitrogens is 2. The number of urea groups is 1. The molecular formula is C26H13F6N5O4. The van der Waals surface area contributed by atoms with Crippen molar-refractivity contribution in [3.8, 4) is 23.4 Å². The van der Waals surface area contributed by atoms with Crippen molar-refractivity contribution in [2.24, 2.45) is 0 Å². The maximum atomic E-state index is 13.3. The van der Waals surface area contributed by atoms with Gasteiger partial charge in [-0.05, 0) is 54.6 Å². The van der Waals surface area contributed by atoms with Gasteiger partial charge in [0, 0.05) is 11.8 Å². The SMILES string of the molecule is N#Cc1cc(N2CC(=O)N(c3ccc(Oc4ncnc5cc(OC(F)(F)F)ccc45)cc3)C2=O)cc(C(F)(F)F)c1. The number of hydrogen-bond donors (Lipinski definition) is 0. The number of nitrogens with zero attached hydrogens (tertiary/aromatic N) is 5. The van der Waals surface area contributed by atoms with Crippen LogP contribution in [0.15, 0.2) is 67.0 Å². The van der Waals surface area contributed by atoms with Crippen molar-refractivity contribution in [3.63, 3.8) is 0 Å². The van der Waals surface area contributed by atoms with Crippen LogP contribution in [0.4, 0.5) is 42.5 Å². The second-order valence-corrected chi connectivity index (χ2v) is 8.48. The Morgan fingerprint density at radius 3 is 2.22 bits per heavy atom. The Kier molecular flexibility index (Phi) is 6.61. The summed E-state index contributed by atoms with van der Waals surface area (Å²) >= 11 is 0. The first kappa shape index (κ1) is 27.2. The third-order valence-electron chi connectivity index (χ3n) is 5.77. The Hall–Kier alpha value is -5.39. The molecule has 208 valence electrons. The van der Waals surface area contributed by atoms with Crippen molar-refractivity contribution in [2.45, 2.75) is 12.5 Å². The van der Waals surface area contributed by atoms with Gasteiger partial charge in [-0.15, -0.1) is 13.2 Å². The van der Waals surface area contributed by atoms with Gasteiger partial charge in [-0.3, -0.25) is 9.69 Å². The van der Waals surface area contributed by atoms with Crippen molar-refractivity contribution >= 4 is 34.2 Å². The van der Waals surface area contributed by atoms with Crippen LogP contribution in [0.5, 0.6) is 17.4 Å². The molecule has 1 saturated heterocycles. The van der Waals surface area contributed by atoms with Gasteiger partial charge in [-0.1, -0.05) is 0 Å². The highest BCUT2D eigenvalue weighted by Gasteiger charge is 2.40. The molecule has 1 aliphatic rings. The maximum absolute atomic E-state index is 13.3. The molecule has 0 aliphatic carbocycles. The van der Waals surface area contributed by atoms with E-state index in [4.69, 9.17) is 10.00 Å². The van der Waals surface area contributed by atoms with Gasteiger partial charge in [-0.25, -0.2) is 19.7 Å². The van der Waals surface area contributed by atoms with Gasteiger partial charge in [0.05, 0.1) is 33.8 Å². The van der Waals surface area contributed by atoms with E-state index in [1.165, 1.54) is 30.3 Å². The lowest BCUT2D eigenvalue weighted by Crippen LogP contribution is -2.33. The zero-order valence-corrected chi connectivity index (χ0v) is 20.2. The third kappa shape index (κ3) is 5.66. The first-order chi connectivity index (χ1) is 19.3. The van der Waals surface area contributed by atoms with Gasteiger partial charge in [0.15, 0.2) is 0 Å². The topological polar surface area (TPSA) is 109 Å². The van der Waals surface area contributed by atoms with Crippen LogP contribution in [0.3, 0.4) is 0 Å². The number of benzene rings is 3. The van der Waals surface area contributed by atoms with E-state index >= 15 is 0 Å². The van der Waals surface area contributed by atoms with Crippen LogP contribution >= 0.6 is 0 Å². The minimum Gasteiger partial charge on any atom is -0.438 e. The summed E-state index contributed by atoms with van der Waals surface area (Å²) in [5.41, 5.74) is -1.55. The summed E-state index contributed by atoms with van der Waals surface area (Å²) in [4.78, 5) is 35.2. The van der Waals surface area contributed by atoms with Gasteiger partial charge < -0.3 is 9.47 Å². The fourth-order valence-electron chi connectivity index (χ4n) is 4.02. The number of nitriles is 1. The van der Waals surface area contributed by atoms with Crippen LogP contribution < -0.4 is 19.3 Å². The van der Waals surface area contributed by atoms with Crippen LogP contribution in [-0.4, -0.2) is 34.8 Å². The maximum Gasteiger partial charge on any atom is 0.573 e. The second-order valence-electron chi connectivity index (χ2n) is 8.48.